The summed E-state index contributed by atoms with van der Waals surface area (Å²) in [5.41, 5.74) is -0.360. The zero-order chi connectivity index (χ0) is 15.9. The Kier molecular flexibility index (Phi) is 5.80. The zero-order valence-corrected chi connectivity index (χ0v) is 13.0. The molecular weight excluding hydrogens is 329 g/mol. The van der Waals surface area contributed by atoms with Crippen molar-refractivity contribution in [3.8, 4) is 5.75 Å². The third-order valence-electron chi connectivity index (χ3n) is 2.71. The molecule has 0 saturated carbocycles. The van der Waals surface area contributed by atoms with Gasteiger partial charge < -0.3 is 10.1 Å². The van der Waals surface area contributed by atoms with Gasteiger partial charge in [-0.15, -0.1) is 0 Å². The van der Waals surface area contributed by atoms with E-state index in [4.69, 9.17) is 27.9 Å². The first kappa shape index (κ1) is 16.3. The summed E-state index contributed by atoms with van der Waals surface area (Å²) in [5, 5.41) is 3.46. The molecule has 6 nitrogen and oxygen atoms in total. The first-order valence-electron chi connectivity index (χ1n) is 6.42. The van der Waals surface area contributed by atoms with Crippen LogP contribution in [-0.4, -0.2) is 28.6 Å². The number of halogens is 2. The summed E-state index contributed by atoms with van der Waals surface area (Å²) in [4.78, 5) is 26.6. The average Bonchev–Trinajstić information content (AvgIpc) is 2.48. The molecule has 0 aliphatic heterocycles. The topological polar surface area (TPSA) is 73.2 Å². The van der Waals surface area contributed by atoms with Crippen molar-refractivity contribution in [3.05, 3.63) is 57.2 Å². The van der Waals surface area contributed by atoms with Crippen LogP contribution in [0, 0.1) is 0 Å². The molecule has 8 heteroatoms. The summed E-state index contributed by atoms with van der Waals surface area (Å²) in [6, 6.07) is 6.39. The predicted octanol–water partition coefficient (Wildman–Crippen LogP) is 1.75. The smallest absolute Gasteiger partial charge is 0.347 e. The summed E-state index contributed by atoms with van der Waals surface area (Å²) in [6.07, 6.45) is 3.02. The van der Waals surface area contributed by atoms with Crippen molar-refractivity contribution in [3.63, 3.8) is 0 Å². The van der Waals surface area contributed by atoms with E-state index in [-0.39, 0.29) is 18.2 Å². The molecule has 0 bridgehead atoms. The van der Waals surface area contributed by atoms with Crippen molar-refractivity contribution in [2.24, 2.45) is 0 Å². The van der Waals surface area contributed by atoms with Gasteiger partial charge in [-0.25, -0.2) is 9.78 Å². The number of rotatable bonds is 6. The summed E-state index contributed by atoms with van der Waals surface area (Å²) in [5.74, 6) is 0.0626. The maximum absolute atomic E-state index is 11.7. The van der Waals surface area contributed by atoms with E-state index in [0.717, 1.165) is 0 Å². The van der Waals surface area contributed by atoms with Gasteiger partial charge in [-0.05, 0) is 24.3 Å². The van der Waals surface area contributed by atoms with Crippen molar-refractivity contribution in [2.45, 2.75) is 6.54 Å². The van der Waals surface area contributed by atoms with E-state index >= 15 is 0 Å². The van der Waals surface area contributed by atoms with Gasteiger partial charge in [-0.3, -0.25) is 9.36 Å². The fraction of sp³-hybridized carbons (Fsp3) is 0.214. The van der Waals surface area contributed by atoms with E-state index in [9.17, 15) is 9.59 Å². The Morgan fingerprint density at radius 1 is 1.36 bits per heavy atom. The third-order valence-corrected chi connectivity index (χ3v) is 3.24. The maximum Gasteiger partial charge on any atom is 0.347 e. The van der Waals surface area contributed by atoms with Gasteiger partial charge in [0.15, 0.2) is 6.61 Å². The number of hydrogen-bond donors (Lipinski definition) is 1. The Bertz CT molecular complexity index is 718. The molecule has 1 N–H and O–H groups in total. The number of amides is 1. The highest BCUT2D eigenvalue weighted by Crippen LogP contribution is 2.27. The predicted molar refractivity (Wildman–Crippen MR) is 83.5 cm³/mol. The average molecular weight is 342 g/mol. The number of hydrogen-bond acceptors (Lipinski definition) is 4. The van der Waals surface area contributed by atoms with Gasteiger partial charge in [-0.1, -0.05) is 23.2 Å². The second kappa shape index (κ2) is 7.82. The van der Waals surface area contributed by atoms with Crippen molar-refractivity contribution in [1.29, 1.82) is 0 Å². The lowest BCUT2D eigenvalue weighted by molar-refractivity contribution is -0.123. The maximum atomic E-state index is 11.7. The van der Waals surface area contributed by atoms with Crippen molar-refractivity contribution in [1.82, 2.24) is 14.9 Å². The molecule has 22 heavy (non-hydrogen) atoms. The number of aromatic nitrogens is 2. The normalized spacial score (nSPS) is 10.3. The van der Waals surface area contributed by atoms with Crippen LogP contribution in [0.2, 0.25) is 10.0 Å². The van der Waals surface area contributed by atoms with E-state index < -0.39 is 0 Å². The molecule has 0 aliphatic rings. The van der Waals surface area contributed by atoms with Crippen LogP contribution in [-0.2, 0) is 11.3 Å². The number of carbonyl (C=O) groups excluding carboxylic acids is 1. The molecule has 0 aliphatic carbocycles. The van der Waals surface area contributed by atoms with Gasteiger partial charge in [0.05, 0.1) is 5.02 Å². The fourth-order valence-electron chi connectivity index (χ4n) is 1.66. The van der Waals surface area contributed by atoms with Crippen molar-refractivity contribution in [2.75, 3.05) is 13.2 Å². The lowest BCUT2D eigenvalue weighted by Crippen LogP contribution is -2.34. The summed E-state index contributed by atoms with van der Waals surface area (Å²) in [6.45, 7) is 0.450. The third kappa shape index (κ3) is 4.75. The number of benzene rings is 1. The molecule has 0 spiro atoms. The lowest BCUT2D eigenvalue weighted by atomic mass is 10.3. The van der Waals surface area contributed by atoms with Crippen LogP contribution in [0.1, 0.15) is 0 Å². The minimum Gasteiger partial charge on any atom is -0.482 e. The molecule has 1 amide bonds. The molecular formula is C14H13Cl2N3O3. The Balaban J connectivity index is 1.76. The zero-order valence-electron chi connectivity index (χ0n) is 11.5. The first-order valence-corrected chi connectivity index (χ1v) is 7.18. The SMILES string of the molecule is O=C(COc1ccc(Cl)cc1Cl)NCCn1cccnc1=O. The molecule has 116 valence electrons. The van der Waals surface area contributed by atoms with Gasteiger partial charge in [0.2, 0.25) is 0 Å². The standard InChI is InChI=1S/C14H13Cl2N3O3/c15-10-2-3-12(11(16)8-10)22-9-13(20)17-5-7-19-6-1-4-18-14(19)21/h1-4,6,8H,5,7,9H2,(H,17,20). The van der Waals surface area contributed by atoms with Crippen LogP contribution in [0.25, 0.3) is 0 Å². The summed E-state index contributed by atoms with van der Waals surface area (Å²) in [7, 11) is 0. The van der Waals surface area contributed by atoms with E-state index in [0.29, 0.717) is 28.9 Å². The quantitative estimate of drug-likeness (QED) is 0.868. The Hall–Kier alpha value is -2.05. The molecule has 1 aromatic carbocycles. The highest BCUT2D eigenvalue weighted by atomic mass is 35.5. The number of nitrogens with one attached hydrogen (secondary N) is 1. The van der Waals surface area contributed by atoms with Gasteiger partial charge in [0, 0.05) is 30.5 Å². The van der Waals surface area contributed by atoms with Gasteiger partial charge >= 0.3 is 5.69 Å². The van der Waals surface area contributed by atoms with Crippen LogP contribution in [0.4, 0.5) is 0 Å². The van der Waals surface area contributed by atoms with E-state index in [1.807, 2.05) is 0 Å². The van der Waals surface area contributed by atoms with Crippen LogP contribution in [0.3, 0.4) is 0 Å². The summed E-state index contributed by atoms with van der Waals surface area (Å²) < 4.78 is 6.70. The van der Waals surface area contributed by atoms with Crippen LogP contribution < -0.4 is 15.7 Å². The second-order valence-electron chi connectivity index (χ2n) is 4.31. The molecule has 1 heterocycles. The van der Waals surface area contributed by atoms with Crippen LogP contribution >= 0.6 is 23.2 Å². The summed E-state index contributed by atoms with van der Waals surface area (Å²) >= 11 is 11.7. The molecule has 0 unspecified atom stereocenters. The number of nitrogens with zero attached hydrogens (tertiary/aromatic N) is 2. The van der Waals surface area contributed by atoms with Crippen molar-refractivity contribution >= 4 is 29.1 Å². The van der Waals surface area contributed by atoms with E-state index in [2.05, 4.69) is 10.3 Å². The molecule has 2 rings (SSSR count). The van der Waals surface area contributed by atoms with Crippen molar-refractivity contribution < 1.29 is 9.53 Å². The molecule has 0 atom stereocenters. The van der Waals surface area contributed by atoms with Crippen LogP contribution in [0.15, 0.2) is 41.5 Å². The Morgan fingerprint density at radius 3 is 2.91 bits per heavy atom. The van der Waals surface area contributed by atoms with E-state index in [1.54, 1.807) is 24.4 Å². The molecule has 0 fully saturated rings. The highest BCUT2D eigenvalue weighted by molar-refractivity contribution is 6.35. The minimum atomic E-state index is -0.360. The Labute approximate surface area is 136 Å². The van der Waals surface area contributed by atoms with Gasteiger partial charge in [-0.2, -0.15) is 0 Å². The highest BCUT2D eigenvalue weighted by Gasteiger charge is 2.06. The molecule has 1 aromatic heterocycles. The van der Waals surface area contributed by atoms with Crippen LogP contribution in [0.5, 0.6) is 5.75 Å². The van der Waals surface area contributed by atoms with Gasteiger partial charge in [0.1, 0.15) is 5.75 Å². The largest absolute Gasteiger partial charge is 0.482 e. The minimum absolute atomic E-state index is 0.177. The number of carbonyl (C=O) groups is 1. The monoisotopic (exact) mass is 341 g/mol. The lowest BCUT2D eigenvalue weighted by Gasteiger charge is -2.09. The fourth-order valence-corrected chi connectivity index (χ4v) is 2.12. The second-order valence-corrected chi connectivity index (χ2v) is 5.15. The Morgan fingerprint density at radius 2 is 2.18 bits per heavy atom. The molecule has 2 aromatic rings. The first-order chi connectivity index (χ1) is 10.6. The number of ether oxygens (including phenoxy) is 1. The van der Waals surface area contributed by atoms with Gasteiger partial charge in [0.25, 0.3) is 5.91 Å². The molecule has 0 saturated heterocycles. The molecule has 0 radical (unpaired) electrons. The van der Waals surface area contributed by atoms with E-state index in [1.165, 1.54) is 16.8 Å².